The molecule has 0 bridgehead atoms. The van der Waals surface area contributed by atoms with Crippen LogP contribution in [0.4, 0.5) is 0 Å². The van der Waals surface area contributed by atoms with Gasteiger partial charge in [-0.25, -0.2) is 13.1 Å². The van der Waals surface area contributed by atoms with Gasteiger partial charge in [-0.05, 0) is 31.5 Å². The first kappa shape index (κ1) is 14.9. The fourth-order valence-corrected chi connectivity index (χ4v) is 3.59. The first-order valence-electron chi connectivity index (χ1n) is 4.95. The molecule has 0 aliphatic rings. The summed E-state index contributed by atoms with van der Waals surface area (Å²) in [6.07, 6.45) is 0.355. The van der Waals surface area contributed by atoms with E-state index in [1.54, 1.807) is 13.0 Å². The Morgan fingerprint density at radius 3 is 2.71 bits per heavy atom. The molecule has 1 aromatic carbocycles. The molecule has 0 saturated heterocycles. The van der Waals surface area contributed by atoms with Crippen molar-refractivity contribution in [2.75, 3.05) is 6.61 Å². The average molecular weight is 343 g/mol. The maximum absolute atomic E-state index is 12.0. The van der Waals surface area contributed by atoms with E-state index >= 15 is 0 Å². The minimum atomic E-state index is -3.64. The van der Waals surface area contributed by atoms with E-state index in [2.05, 4.69) is 20.7 Å². The van der Waals surface area contributed by atoms with Gasteiger partial charge in [-0.15, -0.1) is 0 Å². The molecule has 1 aromatic rings. The maximum atomic E-state index is 12.0. The second-order valence-corrected chi connectivity index (χ2v) is 6.61. The van der Waals surface area contributed by atoms with Crippen molar-refractivity contribution < 1.29 is 13.5 Å². The van der Waals surface area contributed by atoms with Crippen LogP contribution in [0.5, 0.6) is 0 Å². The standard InChI is InChI=1S/C10H13BrClNO3S/c1-7(4-5-14)13-17(15,16)10-3-2-8(11)6-9(10)12/h2-3,6-7,13-14H,4-5H2,1H3. The molecule has 0 aliphatic heterocycles. The second kappa shape index (κ2) is 6.15. The van der Waals surface area contributed by atoms with Crippen molar-refractivity contribution in [2.45, 2.75) is 24.3 Å². The van der Waals surface area contributed by atoms with E-state index < -0.39 is 10.0 Å². The zero-order valence-electron chi connectivity index (χ0n) is 9.15. The molecule has 1 atom stereocenters. The Kier molecular flexibility index (Phi) is 5.40. The Hall–Kier alpha value is -0.140. The summed E-state index contributed by atoms with van der Waals surface area (Å²) < 4.78 is 27.1. The minimum Gasteiger partial charge on any atom is -0.396 e. The van der Waals surface area contributed by atoms with Gasteiger partial charge in [-0.2, -0.15) is 0 Å². The smallest absolute Gasteiger partial charge is 0.242 e. The number of hydrogen-bond acceptors (Lipinski definition) is 3. The third-order valence-corrected chi connectivity index (χ3v) is 4.67. The molecule has 0 amide bonds. The quantitative estimate of drug-likeness (QED) is 0.861. The minimum absolute atomic E-state index is 0.0344. The van der Waals surface area contributed by atoms with Gasteiger partial charge in [0.2, 0.25) is 10.0 Å². The van der Waals surface area contributed by atoms with Crippen LogP contribution in [0.25, 0.3) is 0 Å². The van der Waals surface area contributed by atoms with Crippen LogP contribution in [-0.4, -0.2) is 26.2 Å². The molecular formula is C10H13BrClNO3S. The first-order valence-corrected chi connectivity index (χ1v) is 7.60. The van der Waals surface area contributed by atoms with Crippen LogP contribution in [0.2, 0.25) is 5.02 Å². The summed E-state index contributed by atoms with van der Waals surface area (Å²) in [7, 11) is -3.64. The Labute approximate surface area is 114 Å². The number of rotatable bonds is 5. The fourth-order valence-electron chi connectivity index (χ4n) is 1.27. The van der Waals surface area contributed by atoms with E-state index in [4.69, 9.17) is 16.7 Å². The lowest BCUT2D eigenvalue weighted by Crippen LogP contribution is -2.33. The highest BCUT2D eigenvalue weighted by atomic mass is 79.9. The summed E-state index contributed by atoms with van der Waals surface area (Å²) >= 11 is 9.08. The summed E-state index contributed by atoms with van der Waals surface area (Å²) in [4.78, 5) is 0.0344. The molecule has 4 nitrogen and oxygen atoms in total. The lowest BCUT2D eigenvalue weighted by molar-refractivity contribution is 0.275. The molecule has 0 radical (unpaired) electrons. The molecule has 0 aromatic heterocycles. The largest absolute Gasteiger partial charge is 0.396 e. The predicted octanol–water partition coefficient (Wildman–Crippen LogP) is 2.15. The average Bonchev–Trinajstić information content (AvgIpc) is 2.15. The monoisotopic (exact) mass is 341 g/mol. The number of benzene rings is 1. The van der Waals surface area contributed by atoms with Crippen molar-refractivity contribution in [1.29, 1.82) is 0 Å². The van der Waals surface area contributed by atoms with Gasteiger partial charge in [0.25, 0.3) is 0 Å². The van der Waals surface area contributed by atoms with Crippen molar-refractivity contribution in [3.63, 3.8) is 0 Å². The van der Waals surface area contributed by atoms with Gasteiger partial charge >= 0.3 is 0 Å². The molecule has 2 N–H and O–H groups in total. The number of halogens is 2. The molecule has 0 heterocycles. The molecule has 96 valence electrons. The number of nitrogens with one attached hydrogen (secondary N) is 1. The van der Waals surface area contributed by atoms with Crippen LogP contribution in [0.3, 0.4) is 0 Å². The molecule has 0 saturated carbocycles. The SMILES string of the molecule is CC(CCO)NS(=O)(=O)c1ccc(Br)cc1Cl. The molecular weight excluding hydrogens is 330 g/mol. The maximum Gasteiger partial charge on any atom is 0.242 e. The molecule has 0 fully saturated rings. The van der Waals surface area contributed by atoms with Crippen molar-refractivity contribution in [1.82, 2.24) is 4.72 Å². The highest BCUT2D eigenvalue weighted by Crippen LogP contribution is 2.25. The Balaban J connectivity index is 2.97. The topological polar surface area (TPSA) is 66.4 Å². The number of hydrogen-bond donors (Lipinski definition) is 2. The normalized spacial score (nSPS) is 13.6. The Bertz CT molecular complexity index is 492. The van der Waals surface area contributed by atoms with Crippen LogP contribution < -0.4 is 4.72 Å². The summed E-state index contributed by atoms with van der Waals surface area (Å²) in [5.74, 6) is 0. The van der Waals surface area contributed by atoms with Crippen LogP contribution in [0, 0.1) is 0 Å². The number of aliphatic hydroxyl groups is 1. The lowest BCUT2D eigenvalue weighted by atomic mass is 10.3. The Morgan fingerprint density at radius 2 is 2.18 bits per heavy atom. The van der Waals surface area contributed by atoms with Crippen LogP contribution in [0.1, 0.15) is 13.3 Å². The Morgan fingerprint density at radius 1 is 1.53 bits per heavy atom. The lowest BCUT2D eigenvalue weighted by Gasteiger charge is -2.13. The van der Waals surface area contributed by atoms with E-state index in [-0.39, 0.29) is 22.6 Å². The van der Waals surface area contributed by atoms with Gasteiger partial charge in [-0.1, -0.05) is 27.5 Å². The third kappa shape index (κ3) is 4.22. The van der Waals surface area contributed by atoms with Gasteiger partial charge in [0.1, 0.15) is 4.90 Å². The molecule has 1 rings (SSSR count). The highest BCUT2D eigenvalue weighted by Gasteiger charge is 2.20. The molecule has 17 heavy (non-hydrogen) atoms. The molecule has 1 unspecified atom stereocenters. The van der Waals surface area contributed by atoms with Crippen molar-refractivity contribution >= 4 is 37.6 Å². The van der Waals surface area contributed by atoms with E-state index in [0.29, 0.717) is 10.9 Å². The van der Waals surface area contributed by atoms with Crippen molar-refractivity contribution in [3.8, 4) is 0 Å². The summed E-state index contributed by atoms with van der Waals surface area (Å²) in [5.41, 5.74) is 0. The summed E-state index contributed by atoms with van der Waals surface area (Å²) in [6, 6.07) is 4.22. The third-order valence-electron chi connectivity index (χ3n) is 2.10. The van der Waals surface area contributed by atoms with E-state index in [1.165, 1.54) is 12.1 Å². The van der Waals surface area contributed by atoms with Crippen molar-refractivity contribution in [3.05, 3.63) is 27.7 Å². The molecule has 0 aliphatic carbocycles. The van der Waals surface area contributed by atoms with Gasteiger partial charge < -0.3 is 5.11 Å². The summed E-state index contributed by atoms with van der Waals surface area (Å²) in [6.45, 7) is 1.61. The molecule has 7 heteroatoms. The van der Waals surface area contributed by atoms with Crippen molar-refractivity contribution in [2.24, 2.45) is 0 Å². The zero-order chi connectivity index (χ0) is 13.1. The second-order valence-electron chi connectivity index (χ2n) is 3.61. The fraction of sp³-hybridized carbons (Fsp3) is 0.400. The zero-order valence-corrected chi connectivity index (χ0v) is 12.3. The van der Waals surface area contributed by atoms with E-state index in [9.17, 15) is 8.42 Å². The van der Waals surface area contributed by atoms with Crippen LogP contribution >= 0.6 is 27.5 Å². The van der Waals surface area contributed by atoms with E-state index in [1.807, 2.05) is 0 Å². The van der Waals surface area contributed by atoms with E-state index in [0.717, 1.165) is 0 Å². The summed E-state index contributed by atoms with van der Waals surface area (Å²) in [5, 5.41) is 8.88. The number of aliphatic hydroxyl groups excluding tert-OH is 1. The van der Waals surface area contributed by atoms with Gasteiger partial charge in [-0.3, -0.25) is 0 Å². The van der Waals surface area contributed by atoms with Crippen LogP contribution in [0.15, 0.2) is 27.6 Å². The van der Waals surface area contributed by atoms with Crippen LogP contribution in [-0.2, 0) is 10.0 Å². The predicted molar refractivity (Wildman–Crippen MR) is 70.6 cm³/mol. The molecule has 0 spiro atoms. The first-order chi connectivity index (χ1) is 7.86. The van der Waals surface area contributed by atoms with Gasteiger partial charge in [0.15, 0.2) is 0 Å². The van der Waals surface area contributed by atoms with Gasteiger partial charge in [0, 0.05) is 17.1 Å². The highest BCUT2D eigenvalue weighted by molar-refractivity contribution is 9.10. The van der Waals surface area contributed by atoms with Gasteiger partial charge in [0.05, 0.1) is 5.02 Å². The number of sulfonamides is 1.